The molecular weight excluding hydrogens is 262 g/mol. The van der Waals surface area contributed by atoms with E-state index in [9.17, 15) is 4.79 Å². The van der Waals surface area contributed by atoms with Crippen molar-refractivity contribution in [2.45, 2.75) is 13.5 Å². The zero-order chi connectivity index (χ0) is 13.7. The number of ether oxygens (including phenoxy) is 1. The second-order valence-corrected chi connectivity index (χ2v) is 4.64. The van der Waals surface area contributed by atoms with Gasteiger partial charge in [0.2, 0.25) is 0 Å². The molecule has 4 heteroatoms. The first-order valence-corrected chi connectivity index (χ1v) is 6.26. The Balaban J connectivity index is 1.91. The van der Waals surface area contributed by atoms with E-state index in [2.05, 4.69) is 5.32 Å². The molecular formula is C15H14ClNO2. The van der Waals surface area contributed by atoms with Gasteiger partial charge in [0, 0.05) is 10.7 Å². The first kappa shape index (κ1) is 13.4. The standard InChI is InChI=1S/C15H14ClNO2/c1-11-7-13(16)9-14(8-11)17-15(18)19-10-12-5-3-2-4-6-12/h2-9H,10H2,1H3,(H,17,18). The summed E-state index contributed by atoms with van der Waals surface area (Å²) in [6.45, 7) is 2.15. The minimum atomic E-state index is -0.495. The molecule has 19 heavy (non-hydrogen) atoms. The number of anilines is 1. The normalized spacial score (nSPS) is 10.0. The SMILES string of the molecule is Cc1cc(Cl)cc(NC(=O)OCc2ccccc2)c1. The predicted octanol–water partition coefficient (Wildman–Crippen LogP) is 4.40. The van der Waals surface area contributed by atoms with Gasteiger partial charge in [-0.2, -0.15) is 0 Å². The van der Waals surface area contributed by atoms with Crippen LogP contribution in [0.15, 0.2) is 48.5 Å². The third-order valence-electron chi connectivity index (χ3n) is 2.50. The molecule has 0 fully saturated rings. The first-order valence-electron chi connectivity index (χ1n) is 5.88. The van der Waals surface area contributed by atoms with Crippen molar-refractivity contribution in [3.63, 3.8) is 0 Å². The Labute approximate surface area is 117 Å². The van der Waals surface area contributed by atoms with Crippen LogP contribution >= 0.6 is 11.6 Å². The molecule has 0 heterocycles. The van der Waals surface area contributed by atoms with Crippen LogP contribution in [0.3, 0.4) is 0 Å². The van der Waals surface area contributed by atoms with Crippen molar-refractivity contribution in [1.82, 2.24) is 0 Å². The summed E-state index contributed by atoms with van der Waals surface area (Å²) in [5, 5.41) is 3.23. The molecule has 0 radical (unpaired) electrons. The van der Waals surface area contributed by atoms with E-state index in [0.717, 1.165) is 11.1 Å². The van der Waals surface area contributed by atoms with Crippen LogP contribution in [-0.2, 0) is 11.3 Å². The van der Waals surface area contributed by atoms with Gasteiger partial charge in [-0.25, -0.2) is 4.79 Å². The lowest BCUT2D eigenvalue weighted by Crippen LogP contribution is -2.13. The Morgan fingerprint density at radius 3 is 2.63 bits per heavy atom. The fraction of sp³-hybridized carbons (Fsp3) is 0.133. The number of amides is 1. The number of carbonyl (C=O) groups is 1. The van der Waals surface area contributed by atoms with Gasteiger partial charge in [-0.3, -0.25) is 5.32 Å². The van der Waals surface area contributed by atoms with E-state index in [4.69, 9.17) is 16.3 Å². The minimum absolute atomic E-state index is 0.242. The molecule has 1 N–H and O–H groups in total. The summed E-state index contributed by atoms with van der Waals surface area (Å²) in [4.78, 5) is 11.6. The maximum absolute atomic E-state index is 11.6. The predicted molar refractivity (Wildman–Crippen MR) is 76.4 cm³/mol. The third kappa shape index (κ3) is 4.30. The zero-order valence-corrected chi connectivity index (χ0v) is 11.3. The number of rotatable bonds is 3. The highest BCUT2D eigenvalue weighted by molar-refractivity contribution is 6.31. The van der Waals surface area contributed by atoms with Crippen molar-refractivity contribution in [2.75, 3.05) is 5.32 Å². The van der Waals surface area contributed by atoms with Crippen LogP contribution in [0.25, 0.3) is 0 Å². The van der Waals surface area contributed by atoms with Crippen molar-refractivity contribution in [2.24, 2.45) is 0 Å². The maximum atomic E-state index is 11.6. The number of hydrogen-bond donors (Lipinski definition) is 1. The van der Waals surface area contributed by atoms with E-state index in [-0.39, 0.29) is 6.61 Å². The Morgan fingerprint density at radius 2 is 1.95 bits per heavy atom. The van der Waals surface area contributed by atoms with E-state index in [1.165, 1.54) is 0 Å². The molecule has 2 aromatic carbocycles. The third-order valence-corrected chi connectivity index (χ3v) is 2.72. The van der Waals surface area contributed by atoms with Gasteiger partial charge >= 0.3 is 6.09 Å². The first-order chi connectivity index (χ1) is 9.13. The summed E-state index contributed by atoms with van der Waals surface area (Å²) in [7, 11) is 0. The summed E-state index contributed by atoms with van der Waals surface area (Å²) in [6, 6.07) is 14.8. The molecule has 0 aliphatic heterocycles. The zero-order valence-electron chi connectivity index (χ0n) is 10.5. The van der Waals surface area contributed by atoms with Crippen molar-refractivity contribution < 1.29 is 9.53 Å². The molecule has 0 saturated carbocycles. The molecule has 2 rings (SSSR count). The molecule has 0 unspecified atom stereocenters. The largest absolute Gasteiger partial charge is 0.444 e. The fourth-order valence-corrected chi connectivity index (χ4v) is 1.98. The van der Waals surface area contributed by atoms with Crippen molar-refractivity contribution in [3.8, 4) is 0 Å². The number of carbonyl (C=O) groups excluding carboxylic acids is 1. The Kier molecular flexibility index (Phi) is 4.42. The molecule has 0 aliphatic rings. The van der Waals surface area contributed by atoms with Crippen LogP contribution < -0.4 is 5.32 Å². The number of hydrogen-bond acceptors (Lipinski definition) is 2. The molecule has 3 nitrogen and oxygen atoms in total. The van der Waals surface area contributed by atoms with Crippen LogP contribution in [0.5, 0.6) is 0 Å². The fourth-order valence-electron chi connectivity index (χ4n) is 1.69. The smallest absolute Gasteiger partial charge is 0.411 e. The van der Waals surface area contributed by atoms with Crippen LogP contribution in [-0.4, -0.2) is 6.09 Å². The Morgan fingerprint density at radius 1 is 1.21 bits per heavy atom. The Hall–Kier alpha value is -2.00. The molecule has 0 saturated heterocycles. The highest BCUT2D eigenvalue weighted by atomic mass is 35.5. The van der Waals surface area contributed by atoms with Gasteiger partial charge in [-0.1, -0.05) is 41.9 Å². The monoisotopic (exact) mass is 275 g/mol. The molecule has 1 amide bonds. The quantitative estimate of drug-likeness (QED) is 0.902. The van der Waals surface area contributed by atoms with Crippen LogP contribution in [0.2, 0.25) is 5.02 Å². The number of aryl methyl sites for hydroxylation is 1. The van der Waals surface area contributed by atoms with E-state index < -0.39 is 6.09 Å². The van der Waals surface area contributed by atoms with Gasteiger partial charge in [0.1, 0.15) is 6.61 Å². The molecule has 0 aromatic heterocycles. The molecule has 98 valence electrons. The minimum Gasteiger partial charge on any atom is -0.444 e. The average Bonchev–Trinajstić information content (AvgIpc) is 2.36. The van der Waals surface area contributed by atoms with E-state index in [1.807, 2.05) is 49.4 Å². The second-order valence-electron chi connectivity index (χ2n) is 4.20. The topological polar surface area (TPSA) is 38.3 Å². The van der Waals surface area contributed by atoms with Gasteiger partial charge in [-0.15, -0.1) is 0 Å². The summed E-state index contributed by atoms with van der Waals surface area (Å²) in [6.07, 6.45) is -0.495. The number of benzene rings is 2. The van der Waals surface area contributed by atoms with E-state index in [0.29, 0.717) is 10.7 Å². The van der Waals surface area contributed by atoms with Gasteiger partial charge in [0.15, 0.2) is 0 Å². The van der Waals surface area contributed by atoms with Gasteiger partial charge in [0.05, 0.1) is 0 Å². The van der Waals surface area contributed by atoms with Crippen LogP contribution in [0.4, 0.5) is 10.5 Å². The average molecular weight is 276 g/mol. The van der Waals surface area contributed by atoms with Crippen LogP contribution in [0.1, 0.15) is 11.1 Å². The lowest BCUT2D eigenvalue weighted by atomic mass is 10.2. The number of halogens is 1. The van der Waals surface area contributed by atoms with Gasteiger partial charge in [-0.05, 0) is 36.2 Å². The Bertz CT molecular complexity index is 549. The molecule has 0 spiro atoms. The van der Waals surface area contributed by atoms with Crippen molar-refractivity contribution in [3.05, 3.63) is 64.7 Å². The second kappa shape index (κ2) is 6.25. The summed E-state index contributed by atoms with van der Waals surface area (Å²) in [5.74, 6) is 0. The molecule has 2 aromatic rings. The summed E-state index contributed by atoms with van der Waals surface area (Å²) < 4.78 is 5.12. The summed E-state index contributed by atoms with van der Waals surface area (Å²) in [5.41, 5.74) is 2.55. The molecule has 0 bridgehead atoms. The molecule has 0 atom stereocenters. The summed E-state index contributed by atoms with van der Waals surface area (Å²) >= 11 is 5.91. The van der Waals surface area contributed by atoms with E-state index in [1.54, 1.807) is 6.07 Å². The highest BCUT2D eigenvalue weighted by Crippen LogP contribution is 2.18. The van der Waals surface area contributed by atoms with Crippen molar-refractivity contribution in [1.29, 1.82) is 0 Å². The van der Waals surface area contributed by atoms with Crippen LogP contribution in [0, 0.1) is 6.92 Å². The van der Waals surface area contributed by atoms with Gasteiger partial charge < -0.3 is 4.74 Å². The van der Waals surface area contributed by atoms with Gasteiger partial charge in [0.25, 0.3) is 0 Å². The van der Waals surface area contributed by atoms with Crippen molar-refractivity contribution >= 4 is 23.4 Å². The molecule has 0 aliphatic carbocycles. The lowest BCUT2D eigenvalue weighted by molar-refractivity contribution is 0.155. The maximum Gasteiger partial charge on any atom is 0.411 e. The lowest BCUT2D eigenvalue weighted by Gasteiger charge is -2.08. The highest BCUT2D eigenvalue weighted by Gasteiger charge is 2.04. The number of nitrogens with one attached hydrogen (secondary N) is 1. The van der Waals surface area contributed by atoms with E-state index >= 15 is 0 Å².